The van der Waals surface area contributed by atoms with Crippen LogP contribution in [0.5, 0.6) is 5.75 Å². The number of nitriles is 1. The van der Waals surface area contributed by atoms with Crippen LogP contribution in [0.15, 0.2) is 22.7 Å². The fourth-order valence-corrected chi connectivity index (χ4v) is 2.51. The predicted octanol–water partition coefficient (Wildman–Crippen LogP) is 3.44. The second kappa shape index (κ2) is 7.51. The number of aryl methyl sites for hydroxylation is 2. The Kier molecular flexibility index (Phi) is 5.42. The molecule has 24 heavy (non-hydrogen) atoms. The van der Waals surface area contributed by atoms with Crippen LogP contribution in [-0.2, 0) is 0 Å². The van der Waals surface area contributed by atoms with Crippen molar-refractivity contribution in [2.24, 2.45) is 0 Å². The Balaban J connectivity index is 2.13. The van der Waals surface area contributed by atoms with Crippen molar-refractivity contribution in [3.05, 3.63) is 40.8 Å². The Bertz CT molecular complexity index is 757. The normalized spacial score (nSPS) is 11.5. The van der Waals surface area contributed by atoms with E-state index in [0.29, 0.717) is 29.4 Å². The molecule has 0 saturated carbocycles. The van der Waals surface area contributed by atoms with Gasteiger partial charge in [0.15, 0.2) is 0 Å². The number of rotatable bonds is 5. The molecule has 1 heterocycles. The van der Waals surface area contributed by atoms with E-state index in [1.54, 1.807) is 25.1 Å². The van der Waals surface area contributed by atoms with Gasteiger partial charge in [0.05, 0.1) is 35.7 Å². The number of hydrogen-bond donors (Lipinski definition) is 2. The second-order valence-corrected chi connectivity index (χ2v) is 5.31. The molecule has 1 unspecified atom stereocenters. The molecule has 7 nitrogen and oxygen atoms in total. The molecule has 2 N–H and O–H groups in total. The van der Waals surface area contributed by atoms with Crippen LogP contribution in [0.1, 0.15) is 42.5 Å². The van der Waals surface area contributed by atoms with Crippen LogP contribution in [0, 0.1) is 25.2 Å². The lowest BCUT2D eigenvalue weighted by Crippen LogP contribution is -2.31. The first-order valence-electron chi connectivity index (χ1n) is 7.63. The lowest BCUT2D eigenvalue weighted by molar-refractivity contribution is 0.249. The van der Waals surface area contributed by atoms with Crippen LogP contribution in [0.2, 0.25) is 0 Å². The first-order valence-corrected chi connectivity index (χ1v) is 7.63. The van der Waals surface area contributed by atoms with Crippen molar-refractivity contribution < 1.29 is 14.1 Å². The Morgan fingerprint density at radius 1 is 1.46 bits per heavy atom. The largest absolute Gasteiger partial charge is 0.492 e. The van der Waals surface area contributed by atoms with Gasteiger partial charge in [-0.25, -0.2) is 4.79 Å². The highest BCUT2D eigenvalue weighted by Crippen LogP contribution is 2.26. The molecule has 126 valence electrons. The van der Waals surface area contributed by atoms with Crippen molar-refractivity contribution >= 4 is 11.7 Å². The van der Waals surface area contributed by atoms with Gasteiger partial charge in [-0.15, -0.1) is 0 Å². The first kappa shape index (κ1) is 17.3. The molecule has 0 aliphatic rings. The summed E-state index contributed by atoms with van der Waals surface area (Å²) in [5.74, 6) is 1.18. The van der Waals surface area contributed by atoms with E-state index < -0.39 is 6.03 Å². The molecule has 0 radical (unpaired) electrons. The molecule has 2 rings (SSSR count). The van der Waals surface area contributed by atoms with Gasteiger partial charge in [0.1, 0.15) is 11.5 Å². The zero-order chi connectivity index (χ0) is 17.7. The Labute approximate surface area is 140 Å². The topological polar surface area (TPSA) is 100 Å². The van der Waals surface area contributed by atoms with E-state index >= 15 is 0 Å². The zero-order valence-corrected chi connectivity index (χ0v) is 14.1. The number of hydrogen-bond acceptors (Lipinski definition) is 5. The summed E-state index contributed by atoms with van der Waals surface area (Å²) >= 11 is 0. The summed E-state index contributed by atoms with van der Waals surface area (Å²) in [6.07, 6.45) is 0. The number of anilines is 1. The molecule has 2 aromatic rings. The van der Waals surface area contributed by atoms with E-state index in [2.05, 4.69) is 15.8 Å². The first-order chi connectivity index (χ1) is 11.5. The number of carbonyl (C=O) groups is 1. The average Bonchev–Trinajstić information content (AvgIpc) is 2.88. The molecule has 0 aliphatic carbocycles. The van der Waals surface area contributed by atoms with E-state index in [1.165, 1.54) is 0 Å². The molecule has 0 aliphatic heterocycles. The quantitative estimate of drug-likeness (QED) is 0.875. The monoisotopic (exact) mass is 328 g/mol. The number of carbonyl (C=O) groups excluding carboxylic acids is 1. The maximum atomic E-state index is 12.3. The van der Waals surface area contributed by atoms with Crippen molar-refractivity contribution in [2.75, 3.05) is 11.9 Å². The van der Waals surface area contributed by atoms with Crippen LogP contribution in [0.3, 0.4) is 0 Å². The summed E-state index contributed by atoms with van der Waals surface area (Å²) in [7, 11) is 0. The number of nitrogens with zero attached hydrogens (tertiary/aromatic N) is 2. The Hall–Kier alpha value is -3.01. The fourth-order valence-electron chi connectivity index (χ4n) is 2.51. The second-order valence-electron chi connectivity index (χ2n) is 5.31. The van der Waals surface area contributed by atoms with Gasteiger partial charge in [-0.1, -0.05) is 5.16 Å². The molecule has 1 aromatic heterocycles. The van der Waals surface area contributed by atoms with E-state index in [9.17, 15) is 4.79 Å². The third kappa shape index (κ3) is 3.84. The molecule has 7 heteroatoms. The van der Waals surface area contributed by atoms with E-state index in [0.717, 1.165) is 11.3 Å². The maximum Gasteiger partial charge on any atom is 0.319 e. The lowest BCUT2D eigenvalue weighted by atomic mass is 10.1. The molecule has 1 aromatic carbocycles. The van der Waals surface area contributed by atoms with Crippen molar-refractivity contribution in [3.8, 4) is 11.8 Å². The lowest BCUT2D eigenvalue weighted by Gasteiger charge is -2.16. The SMILES string of the molecule is CCOc1ccc(C#N)cc1NC(=O)NC(C)c1c(C)noc1C. The van der Waals surface area contributed by atoms with Gasteiger partial charge in [0.2, 0.25) is 0 Å². The number of benzene rings is 1. The van der Waals surface area contributed by atoms with Crippen LogP contribution >= 0.6 is 0 Å². The highest BCUT2D eigenvalue weighted by atomic mass is 16.5. The van der Waals surface area contributed by atoms with Gasteiger partial charge >= 0.3 is 6.03 Å². The van der Waals surface area contributed by atoms with Crippen LogP contribution < -0.4 is 15.4 Å². The van der Waals surface area contributed by atoms with Gasteiger partial charge in [-0.2, -0.15) is 5.26 Å². The summed E-state index contributed by atoms with van der Waals surface area (Å²) in [6, 6.07) is 6.24. The number of urea groups is 1. The summed E-state index contributed by atoms with van der Waals surface area (Å²) in [5.41, 5.74) is 2.47. The van der Waals surface area contributed by atoms with Gasteiger partial charge in [0.25, 0.3) is 0 Å². The predicted molar refractivity (Wildman–Crippen MR) is 88.9 cm³/mol. The minimum Gasteiger partial charge on any atom is -0.492 e. The molecular formula is C17H20N4O3. The van der Waals surface area contributed by atoms with Gasteiger partial charge < -0.3 is 19.9 Å². The van der Waals surface area contributed by atoms with Crippen molar-refractivity contribution in [3.63, 3.8) is 0 Å². The summed E-state index contributed by atoms with van der Waals surface area (Å²) < 4.78 is 10.6. The number of ether oxygens (including phenoxy) is 1. The number of nitrogens with one attached hydrogen (secondary N) is 2. The molecule has 0 spiro atoms. The summed E-state index contributed by atoms with van der Waals surface area (Å²) in [4.78, 5) is 12.3. The Morgan fingerprint density at radius 2 is 2.21 bits per heavy atom. The molecule has 2 amide bonds. The van der Waals surface area contributed by atoms with Gasteiger partial charge in [0, 0.05) is 5.56 Å². The van der Waals surface area contributed by atoms with E-state index in [4.69, 9.17) is 14.5 Å². The van der Waals surface area contributed by atoms with Crippen LogP contribution in [0.25, 0.3) is 0 Å². The third-order valence-corrected chi connectivity index (χ3v) is 3.53. The fraction of sp³-hybridized carbons (Fsp3) is 0.353. The average molecular weight is 328 g/mol. The van der Waals surface area contributed by atoms with Crippen LogP contribution in [-0.4, -0.2) is 17.8 Å². The maximum absolute atomic E-state index is 12.3. The van der Waals surface area contributed by atoms with E-state index in [1.807, 2.05) is 26.8 Å². The van der Waals surface area contributed by atoms with Crippen molar-refractivity contribution in [1.29, 1.82) is 5.26 Å². The van der Waals surface area contributed by atoms with Crippen molar-refractivity contribution in [1.82, 2.24) is 10.5 Å². The molecule has 0 fully saturated rings. The molecule has 0 saturated heterocycles. The molecule has 0 bridgehead atoms. The number of amides is 2. The highest BCUT2D eigenvalue weighted by Gasteiger charge is 2.19. The number of aromatic nitrogens is 1. The van der Waals surface area contributed by atoms with E-state index in [-0.39, 0.29) is 6.04 Å². The smallest absolute Gasteiger partial charge is 0.319 e. The van der Waals surface area contributed by atoms with Crippen LogP contribution in [0.4, 0.5) is 10.5 Å². The summed E-state index contributed by atoms with van der Waals surface area (Å²) in [5, 5.41) is 18.5. The molecular weight excluding hydrogens is 308 g/mol. The highest BCUT2D eigenvalue weighted by molar-refractivity contribution is 5.91. The minimum absolute atomic E-state index is 0.272. The zero-order valence-electron chi connectivity index (χ0n) is 14.1. The van der Waals surface area contributed by atoms with Gasteiger partial charge in [-0.3, -0.25) is 0 Å². The van der Waals surface area contributed by atoms with Crippen molar-refractivity contribution in [2.45, 2.75) is 33.7 Å². The summed E-state index contributed by atoms with van der Waals surface area (Å²) in [6.45, 7) is 7.78. The Morgan fingerprint density at radius 3 is 2.79 bits per heavy atom. The standard InChI is InChI=1S/C17H20N4O3/c1-5-23-15-7-6-13(9-18)8-14(15)20-17(22)19-10(2)16-11(3)21-24-12(16)4/h6-8,10H,5H2,1-4H3,(H2,19,20,22). The minimum atomic E-state index is -0.404. The third-order valence-electron chi connectivity index (χ3n) is 3.53. The van der Waals surface area contributed by atoms with Gasteiger partial charge in [-0.05, 0) is 45.9 Å². The molecule has 1 atom stereocenters.